The van der Waals surface area contributed by atoms with E-state index >= 15 is 0 Å². The van der Waals surface area contributed by atoms with Crippen molar-refractivity contribution in [2.24, 2.45) is 5.73 Å². The molecular formula is C13H22N2O3S. The highest BCUT2D eigenvalue weighted by atomic mass is 32.2. The van der Waals surface area contributed by atoms with E-state index < -0.39 is 10.0 Å². The summed E-state index contributed by atoms with van der Waals surface area (Å²) in [5.74, 6) is 0.942. The summed E-state index contributed by atoms with van der Waals surface area (Å²) in [5.41, 5.74) is 5.32. The van der Waals surface area contributed by atoms with Gasteiger partial charge in [-0.3, -0.25) is 0 Å². The van der Waals surface area contributed by atoms with Crippen LogP contribution in [0, 0.1) is 0 Å². The van der Waals surface area contributed by atoms with Crippen molar-refractivity contribution >= 4 is 10.0 Å². The van der Waals surface area contributed by atoms with Gasteiger partial charge in [0.25, 0.3) is 0 Å². The van der Waals surface area contributed by atoms with E-state index in [1.807, 2.05) is 30.3 Å². The molecular weight excluding hydrogens is 264 g/mol. The molecule has 1 aromatic rings. The molecule has 0 aliphatic rings. The van der Waals surface area contributed by atoms with Crippen LogP contribution in [0.5, 0.6) is 5.75 Å². The molecule has 0 aliphatic carbocycles. The highest BCUT2D eigenvalue weighted by Crippen LogP contribution is 2.08. The van der Waals surface area contributed by atoms with Crippen molar-refractivity contribution in [2.45, 2.75) is 19.3 Å². The van der Waals surface area contributed by atoms with Crippen LogP contribution in [-0.4, -0.2) is 33.9 Å². The lowest BCUT2D eigenvalue weighted by molar-refractivity contribution is 0.311. The van der Waals surface area contributed by atoms with E-state index in [1.165, 1.54) is 0 Å². The second kappa shape index (κ2) is 8.90. The van der Waals surface area contributed by atoms with Gasteiger partial charge in [0.15, 0.2) is 0 Å². The normalized spacial score (nSPS) is 11.4. The zero-order valence-corrected chi connectivity index (χ0v) is 11.9. The number of hydrogen-bond acceptors (Lipinski definition) is 4. The number of benzene rings is 1. The molecule has 0 saturated heterocycles. The van der Waals surface area contributed by atoms with Gasteiger partial charge in [-0.2, -0.15) is 0 Å². The van der Waals surface area contributed by atoms with Crippen LogP contribution in [0.1, 0.15) is 19.3 Å². The molecule has 0 spiro atoms. The van der Waals surface area contributed by atoms with Crippen molar-refractivity contribution < 1.29 is 13.2 Å². The average molecular weight is 286 g/mol. The molecule has 3 N–H and O–H groups in total. The van der Waals surface area contributed by atoms with E-state index in [1.54, 1.807) is 0 Å². The van der Waals surface area contributed by atoms with Gasteiger partial charge in [-0.05, 0) is 37.9 Å². The van der Waals surface area contributed by atoms with Crippen molar-refractivity contribution in [1.82, 2.24) is 4.72 Å². The standard InChI is InChI=1S/C13H22N2O3S/c14-9-4-5-12-19(16,17)15-10-6-11-18-13-7-2-1-3-8-13/h1-3,7-8,15H,4-6,9-12,14H2. The smallest absolute Gasteiger partial charge is 0.211 e. The van der Waals surface area contributed by atoms with Gasteiger partial charge in [-0.1, -0.05) is 18.2 Å². The summed E-state index contributed by atoms with van der Waals surface area (Å²) < 4.78 is 31.1. The quantitative estimate of drug-likeness (QED) is 0.631. The highest BCUT2D eigenvalue weighted by molar-refractivity contribution is 7.89. The van der Waals surface area contributed by atoms with Gasteiger partial charge in [-0.25, -0.2) is 13.1 Å². The molecule has 0 bridgehead atoms. The third kappa shape index (κ3) is 7.81. The van der Waals surface area contributed by atoms with Gasteiger partial charge in [0, 0.05) is 6.54 Å². The lowest BCUT2D eigenvalue weighted by Crippen LogP contribution is -2.28. The molecule has 108 valence electrons. The molecule has 19 heavy (non-hydrogen) atoms. The van der Waals surface area contributed by atoms with Crippen LogP contribution in [-0.2, 0) is 10.0 Å². The van der Waals surface area contributed by atoms with Crippen LogP contribution in [0.4, 0.5) is 0 Å². The van der Waals surface area contributed by atoms with Gasteiger partial charge in [0.1, 0.15) is 5.75 Å². The maximum atomic E-state index is 11.5. The first-order valence-electron chi connectivity index (χ1n) is 6.49. The van der Waals surface area contributed by atoms with Gasteiger partial charge in [-0.15, -0.1) is 0 Å². The molecule has 0 unspecified atom stereocenters. The summed E-state index contributed by atoms with van der Waals surface area (Å²) in [6.45, 7) is 1.42. The Morgan fingerprint density at radius 1 is 1.11 bits per heavy atom. The van der Waals surface area contributed by atoms with E-state index in [9.17, 15) is 8.42 Å². The number of nitrogens with two attached hydrogens (primary N) is 1. The largest absolute Gasteiger partial charge is 0.494 e. The van der Waals surface area contributed by atoms with E-state index in [-0.39, 0.29) is 5.75 Å². The van der Waals surface area contributed by atoms with Crippen LogP contribution in [0.25, 0.3) is 0 Å². The van der Waals surface area contributed by atoms with E-state index in [0.717, 1.165) is 12.2 Å². The van der Waals surface area contributed by atoms with Crippen molar-refractivity contribution in [3.8, 4) is 5.75 Å². The van der Waals surface area contributed by atoms with Crippen LogP contribution in [0.2, 0.25) is 0 Å². The molecule has 0 radical (unpaired) electrons. The summed E-state index contributed by atoms with van der Waals surface area (Å²) >= 11 is 0. The fourth-order valence-electron chi connectivity index (χ4n) is 1.52. The fraction of sp³-hybridized carbons (Fsp3) is 0.538. The van der Waals surface area contributed by atoms with Gasteiger partial charge >= 0.3 is 0 Å². The molecule has 0 heterocycles. The Morgan fingerprint density at radius 2 is 1.84 bits per heavy atom. The van der Waals surface area contributed by atoms with Gasteiger partial charge < -0.3 is 10.5 Å². The van der Waals surface area contributed by atoms with Crippen LogP contribution >= 0.6 is 0 Å². The Bertz CT molecular complexity index is 434. The molecule has 0 saturated carbocycles. The van der Waals surface area contributed by atoms with E-state index in [4.69, 9.17) is 10.5 Å². The van der Waals surface area contributed by atoms with Crippen molar-refractivity contribution in [1.29, 1.82) is 0 Å². The Kier molecular flexibility index (Phi) is 7.47. The predicted octanol–water partition coefficient (Wildman–Crippen LogP) is 1.11. The summed E-state index contributed by atoms with van der Waals surface area (Å²) in [4.78, 5) is 0. The van der Waals surface area contributed by atoms with Gasteiger partial charge in [0.2, 0.25) is 10.0 Å². The molecule has 0 amide bonds. The number of nitrogens with one attached hydrogen (secondary N) is 1. The van der Waals surface area contributed by atoms with Crippen LogP contribution < -0.4 is 15.2 Å². The molecule has 1 aromatic carbocycles. The fourth-order valence-corrected chi connectivity index (χ4v) is 2.70. The lowest BCUT2D eigenvalue weighted by atomic mass is 10.3. The molecule has 6 heteroatoms. The number of para-hydroxylation sites is 1. The summed E-state index contributed by atoms with van der Waals surface area (Å²) in [6.07, 6.45) is 1.98. The third-order valence-corrected chi connectivity index (χ3v) is 3.99. The maximum absolute atomic E-state index is 11.5. The van der Waals surface area contributed by atoms with Crippen LogP contribution in [0.3, 0.4) is 0 Å². The molecule has 0 aromatic heterocycles. The summed E-state index contributed by atoms with van der Waals surface area (Å²) in [7, 11) is -3.16. The number of hydrogen-bond donors (Lipinski definition) is 2. The number of rotatable bonds is 10. The Balaban J connectivity index is 2.10. The zero-order chi connectivity index (χ0) is 14.0. The average Bonchev–Trinajstić information content (AvgIpc) is 2.39. The third-order valence-electron chi connectivity index (χ3n) is 2.52. The summed E-state index contributed by atoms with van der Waals surface area (Å²) in [6, 6.07) is 9.46. The zero-order valence-electron chi connectivity index (χ0n) is 11.0. The minimum atomic E-state index is -3.16. The topological polar surface area (TPSA) is 81.4 Å². The lowest BCUT2D eigenvalue weighted by Gasteiger charge is -2.07. The van der Waals surface area contributed by atoms with Crippen LogP contribution in [0.15, 0.2) is 30.3 Å². The second-order valence-corrected chi connectivity index (χ2v) is 6.15. The molecule has 1 rings (SSSR count). The monoisotopic (exact) mass is 286 g/mol. The number of ether oxygens (including phenoxy) is 1. The minimum Gasteiger partial charge on any atom is -0.494 e. The Hall–Kier alpha value is -1.11. The van der Waals surface area contributed by atoms with Crippen molar-refractivity contribution in [3.05, 3.63) is 30.3 Å². The highest BCUT2D eigenvalue weighted by Gasteiger charge is 2.08. The van der Waals surface area contributed by atoms with Crippen molar-refractivity contribution in [2.75, 3.05) is 25.4 Å². The first-order valence-corrected chi connectivity index (χ1v) is 8.14. The first kappa shape index (κ1) is 15.9. The molecule has 0 fully saturated rings. The summed E-state index contributed by atoms with van der Waals surface area (Å²) in [5, 5.41) is 0. The van der Waals surface area contributed by atoms with Gasteiger partial charge in [0.05, 0.1) is 12.4 Å². The van der Waals surface area contributed by atoms with E-state index in [2.05, 4.69) is 4.72 Å². The number of sulfonamides is 1. The SMILES string of the molecule is NCCCCS(=O)(=O)NCCCOc1ccccc1. The minimum absolute atomic E-state index is 0.143. The molecule has 0 aliphatic heterocycles. The van der Waals surface area contributed by atoms with Crippen molar-refractivity contribution in [3.63, 3.8) is 0 Å². The Morgan fingerprint density at radius 3 is 2.53 bits per heavy atom. The Labute approximate surface area is 115 Å². The maximum Gasteiger partial charge on any atom is 0.211 e. The molecule has 5 nitrogen and oxygen atoms in total. The predicted molar refractivity (Wildman–Crippen MR) is 76.6 cm³/mol. The van der Waals surface area contributed by atoms with E-state index in [0.29, 0.717) is 32.5 Å². The second-order valence-electron chi connectivity index (χ2n) is 4.22. The number of unbranched alkanes of at least 4 members (excludes halogenated alkanes) is 1. The molecule has 0 atom stereocenters. The first-order chi connectivity index (χ1) is 9.14.